The van der Waals surface area contributed by atoms with E-state index in [-0.39, 0.29) is 48.4 Å². The van der Waals surface area contributed by atoms with Gasteiger partial charge in [0.25, 0.3) is 0 Å². The Morgan fingerprint density at radius 1 is 1.03 bits per heavy atom. The van der Waals surface area contributed by atoms with Crippen molar-refractivity contribution in [3.05, 3.63) is 0 Å². The minimum absolute atomic E-state index is 0.00389. The molecule has 1 saturated carbocycles. The molecule has 2 rings (SSSR count). The van der Waals surface area contributed by atoms with Crippen LogP contribution in [0.4, 0.5) is 0 Å². The van der Waals surface area contributed by atoms with Gasteiger partial charge >= 0.3 is 11.9 Å². The first-order valence-electron chi connectivity index (χ1n) is 12.5. The average molecular weight is 455 g/mol. The third-order valence-electron chi connectivity index (χ3n) is 6.34. The molecule has 5 atom stereocenters. The lowest BCUT2D eigenvalue weighted by molar-refractivity contribution is -0.195. The van der Waals surface area contributed by atoms with E-state index in [1.165, 1.54) is 6.92 Å². The molecule has 2 fully saturated rings. The molecule has 0 radical (unpaired) electrons. The number of carbonyl (C=O) groups excluding carboxylic acids is 3. The maximum Gasteiger partial charge on any atom is 0.306 e. The monoisotopic (exact) mass is 454 g/mol. The van der Waals surface area contributed by atoms with Gasteiger partial charge in [0.1, 0.15) is 12.4 Å². The predicted molar refractivity (Wildman–Crippen MR) is 120 cm³/mol. The normalized spacial score (nSPS) is 27.9. The van der Waals surface area contributed by atoms with Gasteiger partial charge in [-0.1, -0.05) is 32.1 Å². The molecular weight excluding hydrogens is 412 g/mol. The summed E-state index contributed by atoms with van der Waals surface area (Å²) in [6.45, 7) is 5.84. The number of ether oxygens (including phenoxy) is 4. The van der Waals surface area contributed by atoms with Crippen LogP contribution in [0.25, 0.3) is 0 Å². The molecule has 0 aromatic rings. The van der Waals surface area contributed by atoms with Gasteiger partial charge in [0, 0.05) is 38.2 Å². The maximum absolute atomic E-state index is 11.9. The highest BCUT2D eigenvalue weighted by Gasteiger charge is 2.46. The summed E-state index contributed by atoms with van der Waals surface area (Å²) in [5.74, 6) is -0.698. The van der Waals surface area contributed by atoms with E-state index in [0.717, 1.165) is 70.5 Å². The molecule has 1 aliphatic heterocycles. The zero-order valence-corrected chi connectivity index (χ0v) is 20.1. The summed E-state index contributed by atoms with van der Waals surface area (Å²) in [6.07, 6.45) is 11.1. The highest BCUT2D eigenvalue weighted by Crippen LogP contribution is 2.40. The standard InChI is InChI=1S/C25H42O7/c1-18(2)30-24(28)13-9-7-5-4-6-8-12-20-21(17-26)23(16-22(20)31-19(3)27)32-25-14-10-11-15-29-25/h17-18,20-23,25H,4-16H2,1-3H3/t20-,21-,22+,23-,25?/m1/s1. The van der Waals surface area contributed by atoms with Crippen molar-refractivity contribution in [2.45, 2.75) is 122 Å². The maximum atomic E-state index is 11.9. The summed E-state index contributed by atoms with van der Waals surface area (Å²) in [4.78, 5) is 35.1. The van der Waals surface area contributed by atoms with Crippen molar-refractivity contribution in [1.29, 1.82) is 0 Å². The zero-order chi connectivity index (χ0) is 23.3. The fourth-order valence-electron chi connectivity index (χ4n) is 4.84. The summed E-state index contributed by atoms with van der Waals surface area (Å²) in [5.41, 5.74) is 0. The van der Waals surface area contributed by atoms with Gasteiger partial charge in [0.05, 0.1) is 12.2 Å². The molecule has 0 aromatic heterocycles. The fraction of sp³-hybridized carbons (Fsp3) is 0.880. The molecule has 7 heteroatoms. The minimum atomic E-state index is -0.310. The van der Waals surface area contributed by atoms with Crippen LogP contribution >= 0.6 is 0 Å². The molecule has 0 aromatic carbocycles. The number of carbonyl (C=O) groups is 3. The highest BCUT2D eigenvalue weighted by molar-refractivity contribution is 5.69. The van der Waals surface area contributed by atoms with E-state index in [9.17, 15) is 14.4 Å². The van der Waals surface area contributed by atoms with Crippen molar-refractivity contribution in [1.82, 2.24) is 0 Å². The Hall–Kier alpha value is -1.47. The zero-order valence-electron chi connectivity index (χ0n) is 20.1. The van der Waals surface area contributed by atoms with Gasteiger partial charge in [-0.3, -0.25) is 9.59 Å². The summed E-state index contributed by atoms with van der Waals surface area (Å²) in [7, 11) is 0. The molecule has 0 N–H and O–H groups in total. The van der Waals surface area contributed by atoms with Crippen LogP contribution in [0.2, 0.25) is 0 Å². The second-order valence-corrected chi connectivity index (χ2v) is 9.43. The largest absolute Gasteiger partial charge is 0.463 e. The lowest BCUT2D eigenvalue weighted by Crippen LogP contribution is -2.32. The second kappa shape index (κ2) is 14.6. The van der Waals surface area contributed by atoms with E-state index >= 15 is 0 Å². The van der Waals surface area contributed by atoms with Gasteiger partial charge in [-0.15, -0.1) is 0 Å². The molecule has 0 bridgehead atoms. The molecule has 1 unspecified atom stereocenters. The molecule has 1 aliphatic carbocycles. The van der Waals surface area contributed by atoms with Crippen molar-refractivity contribution < 1.29 is 33.3 Å². The van der Waals surface area contributed by atoms with Crippen LogP contribution in [0.5, 0.6) is 0 Å². The Bertz CT molecular complexity index is 571. The molecule has 1 heterocycles. The van der Waals surface area contributed by atoms with Crippen molar-refractivity contribution in [3.63, 3.8) is 0 Å². The van der Waals surface area contributed by atoms with Gasteiger partial charge in [-0.2, -0.15) is 0 Å². The van der Waals surface area contributed by atoms with E-state index in [1.54, 1.807) is 0 Å². The molecular formula is C25H42O7. The van der Waals surface area contributed by atoms with Crippen LogP contribution in [0.1, 0.15) is 97.8 Å². The molecule has 7 nitrogen and oxygen atoms in total. The van der Waals surface area contributed by atoms with E-state index in [1.807, 2.05) is 13.8 Å². The first-order chi connectivity index (χ1) is 15.4. The Balaban J connectivity index is 1.71. The summed E-state index contributed by atoms with van der Waals surface area (Å²) in [5, 5.41) is 0. The summed E-state index contributed by atoms with van der Waals surface area (Å²) >= 11 is 0. The van der Waals surface area contributed by atoms with Crippen LogP contribution in [0.15, 0.2) is 0 Å². The number of hydrogen-bond acceptors (Lipinski definition) is 7. The summed E-state index contributed by atoms with van der Waals surface area (Å²) < 4.78 is 22.5. The van der Waals surface area contributed by atoms with E-state index in [4.69, 9.17) is 18.9 Å². The predicted octanol–water partition coefficient (Wildman–Crippen LogP) is 4.74. The molecule has 32 heavy (non-hydrogen) atoms. The van der Waals surface area contributed by atoms with E-state index < -0.39 is 0 Å². The lowest BCUT2D eigenvalue weighted by Gasteiger charge is -2.28. The minimum Gasteiger partial charge on any atom is -0.463 e. The first kappa shape index (κ1) is 26.8. The van der Waals surface area contributed by atoms with Crippen LogP contribution < -0.4 is 0 Å². The van der Waals surface area contributed by atoms with E-state index in [2.05, 4.69) is 0 Å². The average Bonchev–Trinajstić information content (AvgIpc) is 3.05. The smallest absolute Gasteiger partial charge is 0.306 e. The summed E-state index contributed by atoms with van der Waals surface area (Å²) in [6, 6.07) is 0. The molecule has 0 amide bonds. The lowest BCUT2D eigenvalue weighted by atomic mass is 9.89. The number of esters is 2. The fourth-order valence-corrected chi connectivity index (χ4v) is 4.84. The van der Waals surface area contributed by atoms with Crippen molar-refractivity contribution in [2.24, 2.45) is 11.8 Å². The quantitative estimate of drug-likeness (QED) is 0.213. The Morgan fingerprint density at radius 3 is 2.38 bits per heavy atom. The SMILES string of the molecule is CC(=O)O[C@H]1C[C@@H](OC2CCCCO2)[C@H](C=O)[C@H]1CCCCCCCCC(=O)OC(C)C. The number of unbranched alkanes of at least 4 members (excludes halogenated alkanes) is 5. The van der Waals surface area contributed by atoms with Crippen LogP contribution in [0.3, 0.4) is 0 Å². The second-order valence-electron chi connectivity index (χ2n) is 9.43. The Morgan fingerprint density at radius 2 is 1.75 bits per heavy atom. The first-order valence-corrected chi connectivity index (χ1v) is 12.5. The number of aldehydes is 1. The van der Waals surface area contributed by atoms with Crippen LogP contribution in [0, 0.1) is 11.8 Å². The number of rotatable bonds is 14. The van der Waals surface area contributed by atoms with Gasteiger partial charge in [0.15, 0.2) is 6.29 Å². The topological polar surface area (TPSA) is 88.1 Å². The van der Waals surface area contributed by atoms with Gasteiger partial charge in [-0.25, -0.2) is 0 Å². The third-order valence-corrected chi connectivity index (χ3v) is 6.34. The van der Waals surface area contributed by atoms with Crippen molar-refractivity contribution in [2.75, 3.05) is 6.61 Å². The van der Waals surface area contributed by atoms with Crippen molar-refractivity contribution >= 4 is 18.2 Å². The third kappa shape index (κ3) is 9.57. The number of hydrogen-bond donors (Lipinski definition) is 0. The van der Waals surface area contributed by atoms with Crippen molar-refractivity contribution in [3.8, 4) is 0 Å². The molecule has 1 saturated heterocycles. The molecule has 2 aliphatic rings. The van der Waals surface area contributed by atoms with Crippen LogP contribution in [-0.2, 0) is 33.3 Å². The highest BCUT2D eigenvalue weighted by atomic mass is 16.7. The van der Waals surface area contributed by atoms with E-state index in [0.29, 0.717) is 19.4 Å². The Labute approximate surface area is 192 Å². The van der Waals surface area contributed by atoms with Gasteiger partial charge in [0.2, 0.25) is 0 Å². The van der Waals surface area contributed by atoms with Gasteiger partial charge in [-0.05, 0) is 46.0 Å². The van der Waals surface area contributed by atoms with Gasteiger partial charge < -0.3 is 23.7 Å². The van der Waals surface area contributed by atoms with Crippen LogP contribution in [-0.4, -0.2) is 49.4 Å². The Kier molecular flexibility index (Phi) is 12.2. The molecule has 184 valence electrons. The molecule has 0 spiro atoms.